The highest BCUT2D eigenvalue weighted by atomic mass is 16.6. The van der Waals surface area contributed by atoms with Crippen LogP contribution in [0.4, 0.5) is 5.69 Å². The van der Waals surface area contributed by atoms with Gasteiger partial charge in [-0.25, -0.2) is 0 Å². The van der Waals surface area contributed by atoms with Gasteiger partial charge < -0.3 is 9.47 Å². The van der Waals surface area contributed by atoms with Crippen LogP contribution in [0.25, 0.3) is 10.4 Å². The van der Waals surface area contributed by atoms with Crippen LogP contribution in [0.3, 0.4) is 0 Å². The lowest BCUT2D eigenvalue weighted by atomic mass is 10.3. The van der Waals surface area contributed by atoms with Gasteiger partial charge in [-0.1, -0.05) is 5.11 Å². The van der Waals surface area contributed by atoms with Crippen LogP contribution in [0, 0.1) is 10.1 Å². The molecule has 0 aliphatic carbocycles. The second kappa shape index (κ2) is 6.97. The zero-order valence-electron chi connectivity index (χ0n) is 9.78. The third kappa shape index (κ3) is 3.84. The average molecular weight is 252 g/mol. The Hall–Kier alpha value is -2.47. The molecule has 0 aliphatic heterocycles. The molecule has 0 aromatic heterocycles. The van der Waals surface area contributed by atoms with Crippen molar-refractivity contribution in [3.05, 3.63) is 38.8 Å². The Morgan fingerprint density at radius 2 is 2.33 bits per heavy atom. The highest BCUT2D eigenvalue weighted by Gasteiger charge is 2.15. The Morgan fingerprint density at radius 1 is 1.56 bits per heavy atom. The Labute approximate surface area is 103 Å². The quantitative estimate of drug-likeness (QED) is 0.185. The van der Waals surface area contributed by atoms with Crippen molar-refractivity contribution in [2.45, 2.75) is 6.42 Å². The summed E-state index contributed by atoms with van der Waals surface area (Å²) in [6.07, 6.45) is 0.485. The van der Waals surface area contributed by atoms with Gasteiger partial charge in [0.25, 0.3) is 0 Å². The third-order valence-electron chi connectivity index (χ3n) is 2.09. The van der Waals surface area contributed by atoms with E-state index < -0.39 is 4.92 Å². The molecule has 18 heavy (non-hydrogen) atoms. The van der Waals surface area contributed by atoms with Gasteiger partial charge in [0.1, 0.15) is 5.75 Å². The molecule has 0 heterocycles. The first-order valence-electron chi connectivity index (χ1n) is 5.15. The number of ether oxygens (including phenoxy) is 2. The Balaban J connectivity index is 2.71. The molecule has 0 atom stereocenters. The van der Waals surface area contributed by atoms with Crippen LogP contribution in [-0.4, -0.2) is 25.2 Å². The Morgan fingerprint density at radius 3 is 2.94 bits per heavy atom. The zero-order valence-corrected chi connectivity index (χ0v) is 9.78. The maximum absolute atomic E-state index is 10.8. The fourth-order valence-corrected chi connectivity index (χ4v) is 1.25. The van der Waals surface area contributed by atoms with Crippen molar-refractivity contribution < 1.29 is 14.4 Å². The predicted octanol–water partition coefficient (Wildman–Crippen LogP) is 2.68. The number of nitro groups is 1. The molecule has 0 fully saturated rings. The zero-order chi connectivity index (χ0) is 13.4. The summed E-state index contributed by atoms with van der Waals surface area (Å²) >= 11 is 0. The van der Waals surface area contributed by atoms with Gasteiger partial charge in [0, 0.05) is 23.6 Å². The van der Waals surface area contributed by atoms with Gasteiger partial charge in [-0.2, -0.15) is 0 Å². The third-order valence-corrected chi connectivity index (χ3v) is 2.09. The lowest BCUT2D eigenvalue weighted by Gasteiger charge is -2.07. The van der Waals surface area contributed by atoms with Gasteiger partial charge >= 0.3 is 5.69 Å². The van der Waals surface area contributed by atoms with Crippen molar-refractivity contribution in [2.75, 3.05) is 20.3 Å². The molecule has 0 N–H and O–H groups in total. The summed E-state index contributed by atoms with van der Waals surface area (Å²) in [5, 5.41) is 14.1. The minimum Gasteiger partial charge on any atom is -0.497 e. The molecule has 0 unspecified atom stereocenters. The SMILES string of the molecule is COc1ccc([N+](=O)[O-])c(OCCCN=[N+]=[N-])c1. The first kappa shape index (κ1) is 13.6. The smallest absolute Gasteiger partial charge is 0.311 e. The number of rotatable bonds is 7. The molecule has 8 heteroatoms. The van der Waals surface area contributed by atoms with Crippen molar-refractivity contribution in [1.82, 2.24) is 0 Å². The fraction of sp³-hybridized carbons (Fsp3) is 0.400. The number of hydrogen-bond acceptors (Lipinski definition) is 5. The number of benzene rings is 1. The maximum atomic E-state index is 10.8. The minimum absolute atomic E-state index is 0.125. The molecule has 96 valence electrons. The van der Waals surface area contributed by atoms with Crippen LogP contribution >= 0.6 is 0 Å². The van der Waals surface area contributed by atoms with Crippen LogP contribution in [0.2, 0.25) is 0 Å². The predicted molar refractivity (Wildman–Crippen MR) is 63.8 cm³/mol. The first-order valence-corrected chi connectivity index (χ1v) is 5.15. The molecule has 0 amide bonds. The molecule has 0 bridgehead atoms. The molecule has 1 rings (SSSR count). The summed E-state index contributed by atoms with van der Waals surface area (Å²) in [6, 6.07) is 4.26. The normalized spacial score (nSPS) is 9.39. The molecule has 0 spiro atoms. The van der Waals surface area contributed by atoms with E-state index in [-0.39, 0.29) is 24.6 Å². The van der Waals surface area contributed by atoms with E-state index in [1.807, 2.05) is 0 Å². The molecule has 0 radical (unpaired) electrons. The summed E-state index contributed by atoms with van der Waals surface area (Å²) in [5.74, 6) is 0.617. The number of nitro benzene ring substituents is 1. The first-order chi connectivity index (χ1) is 8.69. The van der Waals surface area contributed by atoms with Gasteiger partial charge in [-0.05, 0) is 18.0 Å². The van der Waals surface area contributed by atoms with Crippen molar-refractivity contribution >= 4 is 5.69 Å². The highest BCUT2D eigenvalue weighted by molar-refractivity contribution is 5.50. The van der Waals surface area contributed by atoms with Gasteiger partial charge in [0.2, 0.25) is 5.75 Å². The second-order valence-corrected chi connectivity index (χ2v) is 3.25. The van der Waals surface area contributed by atoms with Gasteiger partial charge in [0.05, 0.1) is 18.6 Å². The molecular formula is C10H12N4O4. The largest absolute Gasteiger partial charge is 0.497 e. The molecule has 0 aliphatic rings. The van der Waals surface area contributed by atoms with Crippen LogP contribution < -0.4 is 9.47 Å². The number of methoxy groups -OCH3 is 1. The molecule has 1 aromatic carbocycles. The summed E-state index contributed by atoms with van der Waals surface area (Å²) in [5.41, 5.74) is 7.95. The Kier molecular flexibility index (Phi) is 5.27. The van der Waals surface area contributed by atoms with Crippen LogP contribution in [0.5, 0.6) is 11.5 Å². The Bertz CT molecular complexity index is 471. The maximum Gasteiger partial charge on any atom is 0.311 e. The summed E-state index contributed by atoms with van der Waals surface area (Å²) < 4.78 is 10.2. The lowest BCUT2D eigenvalue weighted by molar-refractivity contribution is -0.385. The second-order valence-electron chi connectivity index (χ2n) is 3.25. The van der Waals surface area contributed by atoms with E-state index in [0.29, 0.717) is 12.2 Å². The van der Waals surface area contributed by atoms with Crippen molar-refractivity contribution in [3.63, 3.8) is 0 Å². The fourth-order valence-electron chi connectivity index (χ4n) is 1.25. The minimum atomic E-state index is -0.526. The number of azide groups is 1. The molecule has 8 nitrogen and oxygen atoms in total. The van der Waals surface area contributed by atoms with E-state index in [0.717, 1.165) is 0 Å². The molecular weight excluding hydrogens is 240 g/mol. The van der Waals surface area contributed by atoms with Crippen LogP contribution in [0.1, 0.15) is 6.42 Å². The lowest BCUT2D eigenvalue weighted by Crippen LogP contribution is -2.02. The summed E-state index contributed by atoms with van der Waals surface area (Å²) in [4.78, 5) is 12.8. The van der Waals surface area contributed by atoms with Crippen LogP contribution in [-0.2, 0) is 0 Å². The van der Waals surface area contributed by atoms with Crippen LogP contribution in [0.15, 0.2) is 23.3 Å². The molecule has 0 saturated heterocycles. The van der Waals surface area contributed by atoms with E-state index >= 15 is 0 Å². The van der Waals surface area contributed by atoms with E-state index in [1.54, 1.807) is 0 Å². The number of hydrogen-bond donors (Lipinski definition) is 0. The van der Waals surface area contributed by atoms with E-state index in [1.165, 1.54) is 25.3 Å². The van der Waals surface area contributed by atoms with E-state index in [9.17, 15) is 10.1 Å². The average Bonchev–Trinajstić information content (AvgIpc) is 2.38. The van der Waals surface area contributed by atoms with Gasteiger partial charge in [-0.3, -0.25) is 10.1 Å². The van der Waals surface area contributed by atoms with E-state index in [2.05, 4.69) is 10.0 Å². The van der Waals surface area contributed by atoms with Crippen molar-refractivity contribution in [3.8, 4) is 11.5 Å². The van der Waals surface area contributed by atoms with E-state index in [4.69, 9.17) is 15.0 Å². The molecule has 0 saturated carbocycles. The standard InChI is InChI=1S/C10H12N4O4/c1-17-8-3-4-9(14(15)16)10(7-8)18-6-2-5-12-13-11/h3-4,7H,2,5-6H2,1H3. The summed E-state index contributed by atoms with van der Waals surface area (Å²) in [6.45, 7) is 0.515. The van der Waals surface area contributed by atoms with Gasteiger partial charge in [-0.15, -0.1) is 0 Å². The monoisotopic (exact) mass is 252 g/mol. The van der Waals surface area contributed by atoms with Gasteiger partial charge in [0.15, 0.2) is 0 Å². The number of nitrogens with zero attached hydrogens (tertiary/aromatic N) is 4. The van der Waals surface area contributed by atoms with Crippen molar-refractivity contribution in [1.29, 1.82) is 0 Å². The topological polar surface area (TPSA) is 110 Å². The highest BCUT2D eigenvalue weighted by Crippen LogP contribution is 2.31. The van der Waals surface area contributed by atoms with Crippen molar-refractivity contribution in [2.24, 2.45) is 5.11 Å². The molecule has 1 aromatic rings. The summed E-state index contributed by atoms with van der Waals surface area (Å²) in [7, 11) is 1.46.